The number of benzene rings is 2. The molecule has 0 atom stereocenters. The predicted octanol–water partition coefficient (Wildman–Crippen LogP) is 0.719. The number of halogens is 1. The molecule has 0 heterocycles. The van der Waals surface area contributed by atoms with Crippen molar-refractivity contribution in [3.8, 4) is 0 Å². The summed E-state index contributed by atoms with van der Waals surface area (Å²) in [6.07, 6.45) is 0. The third-order valence-electron chi connectivity index (χ3n) is 5.00. The first-order valence-corrected chi connectivity index (χ1v) is 12.1. The van der Waals surface area contributed by atoms with Gasteiger partial charge in [-0.25, -0.2) is 9.98 Å². The fourth-order valence-electron chi connectivity index (χ4n) is 3.60. The Balaban J connectivity index is 0. The van der Waals surface area contributed by atoms with Crippen molar-refractivity contribution < 1.29 is 34.1 Å². The van der Waals surface area contributed by atoms with E-state index >= 15 is 0 Å². The van der Waals surface area contributed by atoms with Gasteiger partial charge in [0.1, 0.15) is 0 Å². The van der Waals surface area contributed by atoms with Crippen LogP contribution in [0, 0.1) is 0 Å². The first-order valence-electron chi connectivity index (χ1n) is 12.1. The molecule has 0 radical (unpaired) electrons. The molecule has 0 aliphatic heterocycles. The maximum atomic E-state index is 4.75. The molecule has 2 rings (SSSR count). The van der Waals surface area contributed by atoms with Crippen LogP contribution in [0.25, 0.3) is 0 Å². The van der Waals surface area contributed by atoms with E-state index < -0.39 is 0 Å². The summed E-state index contributed by atoms with van der Waals surface area (Å²) < 4.78 is 0. The summed E-state index contributed by atoms with van der Waals surface area (Å²) in [7, 11) is 24.3. The molecular formula is C28H48BrCuN8. The Labute approximate surface area is 253 Å². The van der Waals surface area contributed by atoms with Crippen LogP contribution in [-0.2, 0) is 30.2 Å². The van der Waals surface area contributed by atoms with E-state index in [2.05, 4.69) is 74.4 Å². The van der Waals surface area contributed by atoms with Crippen molar-refractivity contribution in [2.45, 2.75) is 13.1 Å². The average Bonchev–Trinajstić information content (AvgIpc) is 2.76. The van der Waals surface area contributed by atoms with Crippen molar-refractivity contribution in [3.05, 3.63) is 59.7 Å². The summed E-state index contributed by atoms with van der Waals surface area (Å²) in [5, 5.41) is 0. The molecule has 0 bridgehead atoms. The number of hydrogen-bond acceptors (Lipinski definition) is 4. The monoisotopic (exact) mass is 638 g/mol. The summed E-state index contributed by atoms with van der Waals surface area (Å²) in [5.41, 5.74) is 4.54. The van der Waals surface area contributed by atoms with Gasteiger partial charge in [-0.05, 0) is 51.5 Å². The van der Waals surface area contributed by atoms with Crippen LogP contribution in [0.5, 0.6) is 0 Å². The molecule has 0 unspecified atom stereocenters. The zero-order valence-corrected chi connectivity index (χ0v) is 27.8. The van der Waals surface area contributed by atoms with Crippen molar-refractivity contribution in [3.63, 3.8) is 0 Å². The topological polar surface area (TPSA) is 44.2 Å². The van der Waals surface area contributed by atoms with Gasteiger partial charge in [-0.15, -0.1) is 0 Å². The van der Waals surface area contributed by atoms with E-state index in [9.17, 15) is 0 Å². The molecule has 0 aliphatic rings. The SMILES string of the molecule is CN(C)Cc1ccccc1N=C(N(C)C)N(C)C.CN(C)Cc1ccccc1N=C(N(C)C)N(C)C.[Br-].[Cu+]. The second-order valence-electron chi connectivity index (χ2n) is 10.1. The van der Waals surface area contributed by atoms with Crippen molar-refractivity contribution in [2.75, 3.05) is 84.6 Å². The summed E-state index contributed by atoms with van der Waals surface area (Å²) in [6.45, 7) is 1.79. The Morgan fingerprint density at radius 2 is 0.763 bits per heavy atom. The van der Waals surface area contributed by atoms with Gasteiger partial charge in [-0.3, -0.25) is 0 Å². The molecule has 38 heavy (non-hydrogen) atoms. The van der Waals surface area contributed by atoms with Crippen LogP contribution >= 0.6 is 0 Å². The van der Waals surface area contributed by atoms with Gasteiger partial charge in [0.05, 0.1) is 11.4 Å². The van der Waals surface area contributed by atoms with Crippen LogP contribution < -0.4 is 17.0 Å². The summed E-state index contributed by atoms with van der Waals surface area (Å²) in [4.78, 5) is 21.9. The van der Waals surface area contributed by atoms with Crippen molar-refractivity contribution in [2.24, 2.45) is 9.98 Å². The predicted molar refractivity (Wildman–Crippen MR) is 157 cm³/mol. The van der Waals surface area contributed by atoms with Crippen LogP contribution in [0.4, 0.5) is 11.4 Å². The third kappa shape index (κ3) is 13.6. The molecule has 0 spiro atoms. The van der Waals surface area contributed by atoms with Gasteiger partial charge >= 0.3 is 17.1 Å². The molecule has 2 aromatic rings. The Morgan fingerprint density at radius 3 is 1.00 bits per heavy atom. The zero-order chi connectivity index (χ0) is 27.4. The van der Waals surface area contributed by atoms with E-state index in [0.717, 1.165) is 36.4 Å². The Morgan fingerprint density at radius 1 is 0.500 bits per heavy atom. The summed E-state index contributed by atoms with van der Waals surface area (Å²) in [6, 6.07) is 16.6. The van der Waals surface area contributed by atoms with E-state index in [1.54, 1.807) is 0 Å². The minimum atomic E-state index is 0. The number of para-hydroxylation sites is 2. The molecule has 0 saturated heterocycles. The van der Waals surface area contributed by atoms with Crippen molar-refractivity contribution in [1.29, 1.82) is 0 Å². The fraction of sp³-hybridized carbons (Fsp3) is 0.500. The van der Waals surface area contributed by atoms with E-state index in [4.69, 9.17) is 9.98 Å². The largest absolute Gasteiger partial charge is 1.00 e. The quantitative estimate of drug-likeness (QED) is 0.264. The van der Waals surface area contributed by atoms with Crippen LogP contribution in [0.1, 0.15) is 11.1 Å². The molecule has 2 aromatic carbocycles. The molecule has 0 N–H and O–H groups in total. The summed E-state index contributed by atoms with van der Waals surface area (Å²) in [5.74, 6) is 1.89. The van der Waals surface area contributed by atoms with Gasteiger partial charge in [0.15, 0.2) is 0 Å². The van der Waals surface area contributed by atoms with Gasteiger partial charge in [0, 0.05) is 69.5 Å². The maximum absolute atomic E-state index is 4.75. The van der Waals surface area contributed by atoms with E-state index in [1.807, 2.05) is 88.1 Å². The minimum absolute atomic E-state index is 0. The molecule has 0 saturated carbocycles. The first kappa shape index (κ1) is 38.0. The Hall–Kier alpha value is -2.10. The first-order chi connectivity index (χ1) is 16.8. The average molecular weight is 640 g/mol. The standard InChI is InChI=1S/2C14H24N4.BrH.Cu/c2*1-16(2)11-12-9-7-8-10-13(12)15-14(17(3)4)18(5)6;;/h2*7-10H,11H2,1-6H3;1H;/q;;;+1/p-1. The van der Waals surface area contributed by atoms with Crippen molar-refractivity contribution in [1.82, 2.24) is 29.4 Å². The van der Waals surface area contributed by atoms with Crippen LogP contribution in [0.2, 0.25) is 0 Å². The van der Waals surface area contributed by atoms with Crippen LogP contribution in [0.15, 0.2) is 58.5 Å². The van der Waals surface area contributed by atoms with Gasteiger partial charge in [0.25, 0.3) is 0 Å². The zero-order valence-electron chi connectivity index (χ0n) is 25.3. The molecule has 0 aromatic heterocycles. The number of rotatable bonds is 6. The van der Waals surface area contributed by atoms with Crippen LogP contribution in [-0.4, -0.2) is 126 Å². The molecular weight excluding hydrogens is 592 g/mol. The minimum Gasteiger partial charge on any atom is -1.00 e. The molecule has 218 valence electrons. The third-order valence-corrected chi connectivity index (χ3v) is 5.00. The normalized spacial score (nSPS) is 9.84. The smallest absolute Gasteiger partial charge is 1.00 e. The molecule has 0 fully saturated rings. The van der Waals surface area contributed by atoms with E-state index in [0.29, 0.717) is 0 Å². The van der Waals surface area contributed by atoms with Crippen LogP contribution in [0.3, 0.4) is 0 Å². The van der Waals surface area contributed by atoms with Gasteiger partial charge < -0.3 is 46.4 Å². The van der Waals surface area contributed by atoms with E-state index in [1.165, 1.54) is 11.1 Å². The molecule has 10 heteroatoms. The second kappa shape index (κ2) is 19.0. The second-order valence-corrected chi connectivity index (χ2v) is 10.1. The van der Waals surface area contributed by atoms with Gasteiger partial charge in [-0.2, -0.15) is 0 Å². The molecule has 0 aliphatic carbocycles. The number of aliphatic imine (C=N–C) groups is 2. The van der Waals surface area contributed by atoms with Gasteiger partial charge in [0.2, 0.25) is 11.9 Å². The maximum Gasteiger partial charge on any atom is 1.00 e. The van der Waals surface area contributed by atoms with Gasteiger partial charge in [-0.1, -0.05) is 36.4 Å². The van der Waals surface area contributed by atoms with Crippen molar-refractivity contribution >= 4 is 23.3 Å². The number of nitrogens with zero attached hydrogens (tertiary/aromatic N) is 8. The summed E-state index contributed by atoms with van der Waals surface area (Å²) >= 11 is 0. The Bertz CT molecular complexity index is 889. The fourth-order valence-corrected chi connectivity index (χ4v) is 3.60. The number of hydrogen-bond donors (Lipinski definition) is 0. The molecule has 0 amide bonds. The van der Waals surface area contributed by atoms with E-state index in [-0.39, 0.29) is 34.1 Å². The Kier molecular flexibility index (Phi) is 19.1. The molecule has 8 nitrogen and oxygen atoms in total. The number of guanidine groups is 2.